The normalized spacial score (nSPS) is 15.5. The van der Waals surface area contributed by atoms with Crippen LogP contribution in [0.5, 0.6) is 0 Å². The lowest BCUT2D eigenvalue weighted by Gasteiger charge is -2.12. The number of hydrogen-bond donors (Lipinski definition) is 1. The van der Waals surface area contributed by atoms with E-state index in [1.54, 1.807) is 18.2 Å². The molecule has 2 aromatic rings. The van der Waals surface area contributed by atoms with Crippen LogP contribution in [0.3, 0.4) is 0 Å². The van der Waals surface area contributed by atoms with E-state index < -0.39 is 0 Å². The number of aromatic nitrogens is 2. The molecule has 0 radical (unpaired) electrons. The molecule has 0 atom stereocenters. The number of aromatic amines is 1. The van der Waals surface area contributed by atoms with E-state index in [-0.39, 0.29) is 10.8 Å². The van der Waals surface area contributed by atoms with E-state index in [0.717, 1.165) is 5.69 Å². The zero-order chi connectivity index (χ0) is 14.8. The van der Waals surface area contributed by atoms with Crippen molar-refractivity contribution in [1.29, 1.82) is 0 Å². The highest BCUT2D eigenvalue weighted by Gasteiger charge is 2.18. The molecule has 1 aromatic heterocycles. The topological polar surface area (TPSA) is 28.7 Å². The fourth-order valence-corrected chi connectivity index (χ4v) is 3.37. The first kappa shape index (κ1) is 14.7. The fraction of sp³-hybridized carbons (Fsp3) is 0.375. The van der Waals surface area contributed by atoms with Crippen LogP contribution in [0, 0.1) is 10.5 Å². The SMILES string of the molecule is Fc1c(Cl)cccc1Cc1nc(=S)cc(C2CCCC2)[nH]1. The van der Waals surface area contributed by atoms with Crippen molar-refractivity contribution in [3.63, 3.8) is 0 Å². The molecule has 1 fully saturated rings. The number of rotatable bonds is 3. The number of benzene rings is 1. The monoisotopic (exact) mass is 322 g/mol. The van der Waals surface area contributed by atoms with Gasteiger partial charge in [0.15, 0.2) is 0 Å². The second kappa shape index (κ2) is 6.24. The Morgan fingerprint density at radius 1 is 1.33 bits per heavy atom. The molecule has 1 aliphatic carbocycles. The number of H-pyrrole nitrogens is 1. The molecule has 0 unspecified atom stereocenters. The molecule has 0 bridgehead atoms. The molecule has 1 N–H and O–H groups in total. The van der Waals surface area contributed by atoms with Gasteiger partial charge in [-0.25, -0.2) is 9.37 Å². The Balaban J connectivity index is 1.91. The van der Waals surface area contributed by atoms with E-state index in [9.17, 15) is 4.39 Å². The minimum absolute atomic E-state index is 0.137. The Hall–Kier alpha value is -1.26. The minimum Gasteiger partial charge on any atom is -0.347 e. The summed E-state index contributed by atoms with van der Waals surface area (Å²) in [6.07, 6.45) is 5.24. The molecule has 2 nitrogen and oxygen atoms in total. The van der Waals surface area contributed by atoms with Crippen LogP contribution in [0.2, 0.25) is 5.02 Å². The molecule has 21 heavy (non-hydrogen) atoms. The summed E-state index contributed by atoms with van der Waals surface area (Å²) in [7, 11) is 0. The van der Waals surface area contributed by atoms with Gasteiger partial charge in [-0.2, -0.15) is 0 Å². The summed E-state index contributed by atoms with van der Waals surface area (Å²) in [5.41, 5.74) is 1.66. The quantitative estimate of drug-likeness (QED) is 0.789. The molecular weight excluding hydrogens is 307 g/mol. The molecule has 110 valence electrons. The van der Waals surface area contributed by atoms with Crippen molar-refractivity contribution in [3.8, 4) is 0 Å². The molecule has 0 aliphatic heterocycles. The summed E-state index contributed by atoms with van der Waals surface area (Å²) in [5, 5.41) is 0.137. The molecule has 0 amide bonds. The first-order valence-electron chi connectivity index (χ1n) is 7.16. The van der Waals surface area contributed by atoms with Gasteiger partial charge in [-0.05, 0) is 36.5 Å². The van der Waals surface area contributed by atoms with Crippen LogP contribution >= 0.6 is 23.8 Å². The highest BCUT2D eigenvalue weighted by molar-refractivity contribution is 7.71. The smallest absolute Gasteiger partial charge is 0.145 e. The van der Waals surface area contributed by atoms with Crippen LogP contribution in [0.15, 0.2) is 24.3 Å². The van der Waals surface area contributed by atoms with Gasteiger partial charge in [-0.1, -0.05) is 48.8 Å². The van der Waals surface area contributed by atoms with Crippen LogP contribution < -0.4 is 0 Å². The standard InChI is InChI=1S/C16H16ClFN2S/c17-12-7-3-6-11(16(12)18)8-14-19-13(9-15(21)20-14)10-4-1-2-5-10/h3,6-7,9-10H,1-2,4-5,8H2,(H,19,20,21). The summed E-state index contributed by atoms with van der Waals surface area (Å²) in [6.45, 7) is 0. The summed E-state index contributed by atoms with van der Waals surface area (Å²) in [6, 6.07) is 6.95. The van der Waals surface area contributed by atoms with E-state index in [1.165, 1.54) is 25.7 Å². The molecule has 1 saturated carbocycles. The lowest BCUT2D eigenvalue weighted by atomic mass is 10.0. The van der Waals surface area contributed by atoms with Crippen LogP contribution in [-0.2, 0) is 6.42 Å². The van der Waals surface area contributed by atoms with Crippen molar-refractivity contribution in [2.75, 3.05) is 0 Å². The van der Waals surface area contributed by atoms with Crippen LogP contribution in [0.25, 0.3) is 0 Å². The van der Waals surface area contributed by atoms with Crippen molar-refractivity contribution in [1.82, 2.24) is 9.97 Å². The van der Waals surface area contributed by atoms with Gasteiger partial charge in [0.25, 0.3) is 0 Å². The van der Waals surface area contributed by atoms with E-state index in [0.29, 0.717) is 28.4 Å². The predicted octanol–water partition coefficient (Wildman–Crippen LogP) is 5.18. The molecule has 0 saturated heterocycles. The fourth-order valence-electron chi connectivity index (χ4n) is 2.93. The number of hydrogen-bond acceptors (Lipinski definition) is 2. The largest absolute Gasteiger partial charge is 0.347 e. The Morgan fingerprint density at radius 2 is 2.10 bits per heavy atom. The van der Waals surface area contributed by atoms with Crippen LogP contribution in [0.1, 0.15) is 48.7 Å². The van der Waals surface area contributed by atoms with Crippen molar-refractivity contribution < 1.29 is 4.39 Å². The Morgan fingerprint density at radius 3 is 2.86 bits per heavy atom. The molecule has 5 heteroatoms. The van der Waals surface area contributed by atoms with E-state index in [4.69, 9.17) is 23.8 Å². The van der Waals surface area contributed by atoms with Crippen molar-refractivity contribution >= 4 is 23.8 Å². The Labute approximate surface area is 133 Å². The van der Waals surface area contributed by atoms with Gasteiger partial charge >= 0.3 is 0 Å². The number of nitrogens with one attached hydrogen (secondary N) is 1. The van der Waals surface area contributed by atoms with Gasteiger partial charge in [0.05, 0.1) is 5.02 Å². The Kier molecular flexibility index (Phi) is 4.36. The second-order valence-corrected chi connectivity index (χ2v) is 6.32. The molecule has 0 spiro atoms. The maximum atomic E-state index is 14.0. The lowest BCUT2D eigenvalue weighted by Crippen LogP contribution is -2.05. The average molecular weight is 323 g/mol. The molecular formula is C16H16ClFN2S. The number of nitrogens with zero attached hydrogens (tertiary/aromatic N) is 1. The van der Waals surface area contributed by atoms with Crippen LogP contribution in [0.4, 0.5) is 4.39 Å². The molecule has 1 heterocycles. The molecule has 1 aromatic carbocycles. The third-order valence-electron chi connectivity index (χ3n) is 4.00. The third kappa shape index (κ3) is 3.33. The average Bonchev–Trinajstić information content (AvgIpc) is 2.97. The van der Waals surface area contributed by atoms with Gasteiger partial charge in [0.2, 0.25) is 0 Å². The zero-order valence-corrected chi connectivity index (χ0v) is 13.1. The lowest BCUT2D eigenvalue weighted by molar-refractivity contribution is 0.611. The summed E-state index contributed by atoms with van der Waals surface area (Å²) >= 11 is 11.1. The van der Waals surface area contributed by atoms with Gasteiger partial charge in [0, 0.05) is 12.1 Å². The van der Waals surface area contributed by atoms with E-state index >= 15 is 0 Å². The first-order valence-corrected chi connectivity index (χ1v) is 7.95. The van der Waals surface area contributed by atoms with Crippen molar-refractivity contribution in [2.24, 2.45) is 0 Å². The third-order valence-corrected chi connectivity index (χ3v) is 4.50. The van der Waals surface area contributed by atoms with Gasteiger partial charge in [-0.3, -0.25) is 0 Å². The summed E-state index contributed by atoms with van der Waals surface area (Å²) in [5.74, 6) is 0.842. The number of halogens is 2. The van der Waals surface area contributed by atoms with Crippen LogP contribution in [-0.4, -0.2) is 9.97 Å². The zero-order valence-electron chi connectivity index (χ0n) is 11.5. The maximum Gasteiger partial charge on any atom is 0.145 e. The van der Waals surface area contributed by atoms with E-state index in [1.807, 2.05) is 6.07 Å². The van der Waals surface area contributed by atoms with Crippen molar-refractivity contribution in [2.45, 2.75) is 38.0 Å². The molecule has 3 rings (SSSR count). The predicted molar refractivity (Wildman–Crippen MR) is 84.8 cm³/mol. The second-order valence-electron chi connectivity index (χ2n) is 5.49. The van der Waals surface area contributed by atoms with Gasteiger partial charge < -0.3 is 4.98 Å². The van der Waals surface area contributed by atoms with E-state index in [2.05, 4.69) is 9.97 Å². The summed E-state index contributed by atoms with van der Waals surface area (Å²) < 4.78 is 14.6. The highest BCUT2D eigenvalue weighted by atomic mass is 35.5. The summed E-state index contributed by atoms with van der Waals surface area (Å²) in [4.78, 5) is 7.66. The minimum atomic E-state index is -0.383. The first-order chi connectivity index (χ1) is 10.1. The maximum absolute atomic E-state index is 14.0. The molecule has 1 aliphatic rings. The van der Waals surface area contributed by atoms with Gasteiger partial charge in [-0.15, -0.1) is 0 Å². The van der Waals surface area contributed by atoms with Crippen molar-refractivity contribution in [3.05, 3.63) is 56.8 Å². The van der Waals surface area contributed by atoms with Gasteiger partial charge in [0.1, 0.15) is 16.3 Å². The Bertz CT molecular complexity index is 708. The highest BCUT2D eigenvalue weighted by Crippen LogP contribution is 2.33.